The summed E-state index contributed by atoms with van der Waals surface area (Å²) in [7, 11) is 0. The summed E-state index contributed by atoms with van der Waals surface area (Å²) < 4.78 is 0. The molecule has 21 heavy (non-hydrogen) atoms. The molecule has 0 saturated heterocycles. The summed E-state index contributed by atoms with van der Waals surface area (Å²) >= 11 is 0. The summed E-state index contributed by atoms with van der Waals surface area (Å²) in [5.41, 5.74) is 2.52. The topological polar surface area (TPSA) is 52.5 Å². The third-order valence-electron chi connectivity index (χ3n) is 3.75. The predicted octanol–water partition coefficient (Wildman–Crippen LogP) is 4.02. The molecular formula is C18H21NO2. The number of rotatable bonds is 5. The standard InChI is InChI=1S/C18H21NO2/c1-4-11-19-16-10-7-14(12-17(16)21)18(2,3)13-5-8-15(20)9-6-13/h4-10,12,19-21H,1,11H2,2-3H3. The van der Waals surface area contributed by atoms with E-state index in [1.54, 1.807) is 24.3 Å². The molecule has 110 valence electrons. The van der Waals surface area contributed by atoms with Gasteiger partial charge in [0, 0.05) is 12.0 Å². The lowest BCUT2D eigenvalue weighted by Gasteiger charge is -2.26. The van der Waals surface area contributed by atoms with E-state index in [4.69, 9.17) is 0 Å². The molecule has 0 bridgehead atoms. The number of hydrogen-bond donors (Lipinski definition) is 3. The molecule has 0 unspecified atom stereocenters. The molecule has 3 N–H and O–H groups in total. The molecule has 0 amide bonds. The Morgan fingerprint density at radius 3 is 2.24 bits per heavy atom. The zero-order valence-corrected chi connectivity index (χ0v) is 12.4. The first-order valence-electron chi connectivity index (χ1n) is 6.93. The molecule has 0 radical (unpaired) electrons. The van der Waals surface area contributed by atoms with Crippen molar-refractivity contribution in [3.8, 4) is 11.5 Å². The second kappa shape index (κ2) is 5.92. The number of phenolic OH excluding ortho intramolecular Hbond substituents is 2. The van der Waals surface area contributed by atoms with Crippen LogP contribution in [0.5, 0.6) is 11.5 Å². The van der Waals surface area contributed by atoms with Crippen molar-refractivity contribution < 1.29 is 10.2 Å². The molecule has 0 saturated carbocycles. The maximum absolute atomic E-state index is 10.1. The maximum Gasteiger partial charge on any atom is 0.138 e. The van der Waals surface area contributed by atoms with Crippen molar-refractivity contribution in [1.29, 1.82) is 0 Å². The van der Waals surface area contributed by atoms with Crippen LogP contribution in [-0.4, -0.2) is 16.8 Å². The highest BCUT2D eigenvalue weighted by molar-refractivity contribution is 5.59. The Kier molecular flexibility index (Phi) is 4.22. The zero-order valence-electron chi connectivity index (χ0n) is 12.4. The van der Waals surface area contributed by atoms with E-state index in [2.05, 4.69) is 25.7 Å². The molecular weight excluding hydrogens is 262 g/mol. The van der Waals surface area contributed by atoms with E-state index in [1.807, 2.05) is 24.3 Å². The Morgan fingerprint density at radius 1 is 1.05 bits per heavy atom. The molecule has 0 aliphatic heterocycles. The summed E-state index contributed by atoms with van der Waals surface area (Å²) in [6, 6.07) is 12.8. The number of hydrogen-bond acceptors (Lipinski definition) is 3. The van der Waals surface area contributed by atoms with Gasteiger partial charge in [0.05, 0.1) is 5.69 Å². The first-order chi connectivity index (χ1) is 9.95. The molecule has 3 heteroatoms. The second-order valence-electron chi connectivity index (χ2n) is 5.57. The minimum absolute atomic E-state index is 0.223. The lowest BCUT2D eigenvalue weighted by molar-refractivity contribution is 0.472. The average Bonchev–Trinajstić information content (AvgIpc) is 2.46. The van der Waals surface area contributed by atoms with Crippen molar-refractivity contribution in [2.45, 2.75) is 19.3 Å². The molecule has 3 nitrogen and oxygen atoms in total. The van der Waals surface area contributed by atoms with Crippen molar-refractivity contribution >= 4 is 5.69 Å². The summed E-state index contributed by atoms with van der Waals surface area (Å²) in [5.74, 6) is 0.475. The molecule has 0 aliphatic rings. The zero-order chi connectivity index (χ0) is 15.5. The van der Waals surface area contributed by atoms with E-state index in [0.717, 1.165) is 11.1 Å². The van der Waals surface area contributed by atoms with E-state index in [0.29, 0.717) is 12.2 Å². The van der Waals surface area contributed by atoms with E-state index < -0.39 is 0 Å². The Hall–Kier alpha value is -2.42. The van der Waals surface area contributed by atoms with Crippen LogP contribution in [-0.2, 0) is 5.41 Å². The average molecular weight is 283 g/mol. The first kappa shape index (κ1) is 15.0. The fraction of sp³-hybridized carbons (Fsp3) is 0.222. The van der Waals surface area contributed by atoms with E-state index in [1.165, 1.54) is 0 Å². The molecule has 0 atom stereocenters. The van der Waals surface area contributed by atoms with Gasteiger partial charge in [0.15, 0.2) is 0 Å². The van der Waals surface area contributed by atoms with Crippen LogP contribution in [0.4, 0.5) is 5.69 Å². The maximum atomic E-state index is 10.1. The number of phenols is 2. The fourth-order valence-electron chi connectivity index (χ4n) is 2.30. The molecule has 0 aromatic heterocycles. The summed E-state index contributed by atoms with van der Waals surface area (Å²) in [6.07, 6.45) is 1.74. The normalized spacial score (nSPS) is 11.1. The lowest BCUT2D eigenvalue weighted by Crippen LogP contribution is -2.18. The van der Waals surface area contributed by atoms with Gasteiger partial charge in [-0.25, -0.2) is 0 Å². The Morgan fingerprint density at radius 2 is 1.67 bits per heavy atom. The van der Waals surface area contributed by atoms with Crippen molar-refractivity contribution in [3.63, 3.8) is 0 Å². The Bertz CT molecular complexity index is 630. The van der Waals surface area contributed by atoms with Crippen LogP contribution < -0.4 is 5.32 Å². The first-order valence-corrected chi connectivity index (χ1v) is 6.93. The Balaban J connectivity index is 2.33. The highest BCUT2D eigenvalue weighted by Crippen LogP contribution is 2.36. The Labute approximate surface area is 125 Å². The fourth-order valence-corrected chi connectivity index (χ4v) is 2.30. The lowest BCUT2D eigenvalue weighted by atomic mass is 9.78. The number of nitrogens with one attached hydrogen (secondary N) is 1. The molecule has 0 fully saturated rings. The number of anilines is 1. The predicted molar refractivity (Wildman–Crippen MR) is 87.0 cm³/mol. The van der Waals surface area contributed by atoms with Crippen molar-refractivity contribution in [1.82, 2.24) is 0 Å². The largest absolute Gasteiger partial charge is 0.508 e. The second-order valence-corrected chi connectivity index (χ2v) is 5.57. The van der Waals surface area contributed by atoms with Crippen LogP contribution in [0, 0.1) is 0 Å². The van der Waals surface area contributed by atoms with Crippen LogP contribution in [0.2, 0.25) is 0 Å². The van der Waals surface area contributed by atoms with Crippen molar-refractivity contribution in [3.05, 3.63) is 66.2 Å². The van der Waals surface area contributed by atoms with Gasteiger partial charge >= 0.3 is 0 Å². The van der Waals surface area contributed by atoms with Crippen LogP contribution in [0.1, 0.15) is 25.0 Å². The number of aromatic hydroxyl groups is 2. The molecule has 0 spiro atoms. The monoisotopic (exact) mass is 283 g/mol. The SMILES string of the molecule is C=CCNc1ccc(C(C)(C)c2ccc(O)cc2)cc1O. The van der Waals surface area contributed by atoms with Crippen molar-refractivity contribution in [2.75, 3.05) is 11.9 Å². The van der Waals surface area contributed by atoms with Gasteiger partial charge in [-0.05, 0) is 35.4 Å². The molecule has 2 rings (SSSR count). The smallest absolute Gasteiger partial charge is 0.138 e. The van der Waals surface area contributed by atoms with Gasteiger partial charge in [-0.2, -0.15) is 0 Å². The van der Waals surface area contributed by atoms with E-state index >= 15 is 0 Å². The van der Waals surface area contributed by atoms with Crippen LogP contribution in [0.25, 0.3) is 0 Å². The summed E-state index contributed by atoms with van der Waals surface area (Å²) in [6.45, 7) is 8.43. The van der Waals surface area contributed by atoms with Crippen LogP contribution in [0.3, 0.4) is 0 Å². The third kappa shape index (κ3) is 3.19. The highest BCUT2D eigenvalue weighted by atomic mass is 16.3. The summed E-state index contributed by atoms with van der Waals surface area (Å²) in [4.78, 5) is 0. The van der Waals surface area contributed by atoms with Gasteiger partial charge in [-0.3, -0.25) is 0 Å². The van der Waals surface area contributed by atoms with Gasteiger partial charge in [0.2, 0.25) is 0 Å². The van der Waals surface area contributed by atoms with Gasteiger partial charge in [0.25, 0.3) is 0 Å². The van der Waals surface area contributed by atoms with E-state index in [9.17, 15) is 10.2 Å². The number of benzene rings is 2. The van der Waals surface area contributed by atoms with Gasteiger partial charge in [0.1, 0.15) is 11.5 Å². The highest BCUT2D eigenvalue weighted by Gasteiger charge is 2.24. The van der Waals surface area contributed by atoms with Crippen LogP contribution in [0.15, 0.2) is 55.1 Å². The molecule has 0 heterocycles. The van der Waals surface area contributed by atoms with Gasteiger partial charge < -0.3 is 15.5 Å². The molecule has 2 aromatic rings. The minimum atomic E-state index is -0.262. The quantitative estimate of drug-likeness (QED) is 0.574. The van der Waals surface area contributed by atoms with Crippen LogP contribution >= 0.6 is 0 Å². The van der Waals surface area contributed by atoms with Gasteiger partial charge in [-0.1, -0.05) is 38.1 Å². The van der Waals surface area contributed by atoms with Gasteiger partial charge in [-0.15, -0.1) is 6.58 Å². The molecule has 2 aromatic carbocycles. The summed E-state index contributed by atoms with van der Waals surface area (Å²) in [5, 5.41) is 22.6. The molecule has 0 aliphatic carbocycles. The minimum Gasteiger partial charge on any atom is -0.508 e. The third-order valence-corrected chi connectivity index (χ3v) is 3.75. The van der Waals surface area contributed by atoms with Crippen molar-refractivity contribution in [2.24, 2.45) is 0 Å². The van der Waals surface area contributed by atoms with E-state index in [-0.39, 0.29) is 16.9 Å².